The molecule has 2 aromatic rings. The Bertz CT molecular complexity index is 1080. The zero-order chi connectivity index (χ0) is 23.0. The zero-order valence-electron chi connectivity index (χ0n) is 17.2. The minimum atomic E-state index is -4.36. The number of benzene rings is 2. The Morgan fingerprint density at radius 3 is 2.19 bits per heavy atom. The van der Waals surface area contributed by atoms with Crippen molar-refractivity contribution in [2.24, 2.45) is 0 Å². The van der Waals surface area contributed by atoms with Crippen LogP contribution in [0.1, 0.15) is 5.56 Å². The molecule has 0 saturated carbocycles. The van der Waals surface area contributed by atoms with Gasteiger partial charge in [-0.15, -0.1) is 0 Å². The van der Waals surface area contributed by atoms with Crippen molar-refractivity contribution in [1.82, 2.24) is 4.31 Å². The molecule has 0 aliphatic carbocycles. The van der Waals surface area contributed by atoms with Crippen LogP contribution in [0.15, 0.2) is 41.3 Å². The van der Waals surface area contributed by atoms with Crippen LogP contribution < -0.4 is 14.2 Å². The van der Waals surface area contributed by atoms with Gasteiger partial charge >= 0.3 is 0 Å². The van der Waals surface area contributed by atoms with Crippen molar-refractivity contribution in [3.63, 3.8) is 0 Å². The van der Waals surface area contributed by atoms with Gasteiger partial charge in [0.1, 0.15) is 23.9 Å². The molecular weight excluding hydrogens is 428 g/mol. The highest BCUT2D eigenvalue weighted by atomic mass is 32.2. The lowest BCUT2D eigenvalue weighted by atomic mass is 10.1. The summed E-state index contributed by atoms with van der Waals surface area (Å²) in [6.45, 7) is -1.05. The van der Waals surface area contributed by atoms with Gasteiger partial charge in [-0.2, -0.15) is 4.31 Å². The highest BCUT2D eigenvalue weighted by molar-refractivity contribution is 7.89. The number of hydrogen-bond acceptors (Lipinski definition) is 8. The van der Waals surface area contributed by atoms with Gasteiger partial charge in [-0.1, -0.05) is 24.0 Å². The highest BCUT2D eigenvalue weighted by Gasteiger charge is 2.32. The summed E-state index contributed by atoms with van der Waals surface area (Å²) < 4.78 is 43.6. The molecule has 2 rings (SSSR count). The summed E-state index contributed by atoms with van der Waals surface area (Å²) in [4.78, 5) is 10.1. The monoisotopic (exact) mass is 450 g/mol. The molecule has 0 aromatic heterocycles. The standard InChI is InChI=1S/C20H22N2O8S/c1-28-15-12-18(29-2)16(19(13-15)30-3)14-21(10-6-7-11-23)31(26,27)20-9-5-4-8-17(20)22(24)25/h4-5,8-9,12-13,23H,10-11,14H2,1-3H3. The second kappa shape index (κ2) is 10.6. The van der Waals surface area contributed by atoms with Crippen LogP contribution in [0.25, 0.3) is 0 Å². The van der Waals surface area contributed by atoms with E-state index in [4.69, 9.17) is 19.3 Å². The number of aliphatic hydroxyl groups is 1. The first-order chi connectivity index (χ1) is 14.8. The van der Waals surface area contributed by atoms with Gasteiger partial charge in [-0.05, 0) is 6.07 Å². The van der Waals surface area contributed by atoms with Gasteiger partial charge in [0.25, 0.3) is 15.7 Å². The number of methoxy groups -OCH3 is 3. The third-order valence-corrected chi connectivity index (χ3v) is 6.13. The van der Waals surface area contributed by atoms with E-state index in [-0.39, 0.29) is 13.1 Å². The molecular formula is C20H22N2O8S. The molecule has 31 heavy (non-hydrogen) atoms. The molecule has 0 aliphatic rings. The van der Waals surface area contributed by atoms with Crippen molar-refractivity contribution < 1.29 is 32.7 Å². The largest absolute Gasteiger partial charge is 0.496 e. The molecule has 11 heteroatoms. The number of hydrogen-bond donors (Lipinski definition) is 1. The predicted molar refractivity (Wildman–Crippen MR) is 112 cm³/mol. The Labute approximate surface area is 180 Å². The first-order valence-corrected chi connectivity index (χ1v) is 10.3. The summed E-state index contributed by atoms with van der Waals surface area (Å²) in [5.41, 5.74) is -0.185. The van der Waals surface area contributed by atoms with Crippen LogP contribution in [0.4, 0.5) is 5.69 Å². The lowest BCUT2D eigenvalue weighted by molar-refractivity contribution is -0.387. The Morgan fingerprint density at radius 1 is 1.06 bits per heavy atom. The van der Waals surface area contributed by atoms with Crippen LogP contribution in [-0.4, -0.2) is 57.2 Å². The lowest BCUT2D eigenvalue weighted by Crippen LogP contribution is -2.32. The normalized spacial score (nSPS) is 10.9. The van der Waals surface area contributed by atoms with Gasteiger partial charge in [0.15, 0.2) is 4.90 Å². The quantitative estimate of drug-likeness (QED) is 0.348. The van der Waals surface area contributed by atoms with Crippen LogP contribution in [0.5, 0.6) is 17.2 Å². The topological polar surface area (TPSA) is 128 Å². The molecule has 0 radical (unpaired) electrons. The summed E-state index contributed by atoms with van der Waals surface area (Å²) in [6, 6.07) is 8.16. The smallest absolute Gasteiger partial charge is 0.289 e. The third-order valence-electron chi connectivity index (χ3n) is 4.29. The molecule has 166 valence electrons. The van der Waals surface area contributed by atoms with Crippen molar-refractivity contribution in [1.29, 1.82) is 0 Å². The van der Waals surface area contributed by atoms with Crippen molar-refractivity contribution in [2.45, 2.75) is 11.4 Å². The molecule has 0 atom stereocenters. The fourth-order valence-electron chi connectivity index (χ4n) is 2.80. The average Bonchev–Trinajstić information content (AvgIpc) is 2.78. The van der Waals surface area contributed by atoms with Crippen molar-refractivity contribution in [2.75, 3.05) is 34.5 Å². The van der Waals surface area contributed by atoms with Gasteiger partial charge in [0.05, 0.1) is 38.4 Å². The van der Waals surface area contributed by atoms with E-state index in [1.54, 1.807) is 12.1 Å². The van der Waals surface area contributed by atoms with E-state index in [0.29, 0.717) is 22.8 Å². The minimum Gasteiger partial charge on any atom is -0.496 e. The van der Waals surface area contributed by atoms with E-state index in [2.05, 4.69) is 11.8 Å². The maximum atomic E-state index is 13.4. The van der Waals surface area contributed by atoms with Gasteiger partial charge in [-0.25, -0.2) is 8.42 Å². The molecule has 0 aliphatic heterocycles. The number of ether oxygens (including phenoxy) is 3. The molecule has 10 nitrogen and oxygen atoms in total. The first kappa shape index (κ1) is 23.9. The first-order valence-electron chi connectivity index (χ1n) is 8.89. The van der Waals surface area contributed by atoms with Crippen LogP contribution in [0, 0.1) is 22.0 Å². The second-order valence-electron chi connectivity index (χ2n) is 6.02. The van der Waals surface area contributed by atoms with E-state index in [9.17, 15) is 18.5 Å². The van der Waals surface area contributed by atoms with Crippen LogP contribution in [0.2, 0.25) is 0 Å². The molecule has 0 bridgehead atoms. The number of para-hydroxylation sites is 1. The van der Waals surface area contributed by atoms with Crippen LogP contribution in [-0.2, 0) is 16.6 Å². The molecule has 0 saturated heterocycles. The molecule has 0 fully saturated rings. The SMILES string of the molecule is COc1cc(OC)c(CN(CC#CCO)S(=O)(=O)c2ccccc2[N+](=O)[O-])c(OC)c1. The molecule has 0 unspecified atom stereocenters. The molecule has 1 N–H and O–H groups in total. The molecule has 0 heterocycles. The summed E-state index contributed by atoms with van der Waals surface area (Å²) in [5, 5.41) is 20.3. The Morgan fingerprint density at radius 2 is 1.68 bits per heavy atom. The van der Waals surface area contributed by atoms with E-state index in [1.807, 2.05) is 0 Å². The van der Waals surface area contributed by atoms with Crippen LogP contribution >= 0.6 is 0 Å². The van der Waals surface area contributed by atoms with Gasteiger partial charge < -0.3 is 19.3 Å². The van der Waals surface area contributed by atoms with Crippen molar-refractivity contribution in [3.8, 4) is 29.1 Å². The van der Waals surface area contributed by atoms with Gasteiger partial charge in [0.2, 0.25) is 0 Å². The number of nitrogens with zero attached hydrogens (tertiary/aromatic N) is 2. The molecule has 0 spiro atoms. The maximum absolute atomic E-state index is 13.4. The summed E-state index contributed by atoms with van der Waals surface area (Å²) >= 11 is 0. The Kier molecular flexibility index (Phi) is 8.21. The Hall–Kier alpha value is -3.33. The molecule has 2 aromatic carbocycles. The number of sulfonamides is 1. The maximum Gasteiger partial charge on any atom is 0.289 e. The molecule has 0 amide bonds. The van der Waals surface area contributed by atoms with Crippen molar-refractivity contribution >= 4 is 15.7 Å². The summed E-state index contributed by atoms with van der Waals surface area (Å²) in [5.74, 6) is 5.97. The summed E-state index contributed by atoms with van der Waals surface area (Å²) in [6.07, 6.45) is 0. The minimum absolute atomic E-state index is 0.259. The average molecular weight is 450 g/mol. The lowest BCUT2D eigenvalue weighted by Gasteiger charge is -2.23. The Balaban J connectivity index is 2.63. The number of rotatable bonds is 9. The fraction of sp³-hybridized carbons (Fsp3) is 0.300. The van der Waals surface area contributed by atoms with Crippen LogP contribution in [0.3, 0.4) is 0 Å². The summed E-state index contributed by atoms with van der Waals surface area (Å²) in [7, 11) is -0.0801. The number of nitro groups is 1. The highest BCUT2D eigenvalue weighted by Crippen LogP contribution is 2.36. The van der Waals surface area contributed by atoms with E-state index in [0.717, 1.165) is 16.4 Å². The van der Waals surface area contributed by atoms with E-state index < -0.39 is 32.1 Å². The fourth-order valence-corrected chi connectivity index (χ4v) is 4.27. The van der Waals surface area contributed by atoms with Gasteiger partial charge in [-0.3, -0.25) is 10.1 Å². The third kappa shape index (κ3) is 5.43. The second-order valence-corrected chi connectivity index (χ2v) is 7.93. The van der Waals surface area contributed by atoms with Gasteiger partial charge in [0, 0.05) is 24.7 Å². The zero-order valence-corrected chi connectivity index (χ0v) is 18.0. The van der Waals surface area contributed by atoms with E-state index in [1.165, 1.54) is 33.5 Å². The number of nitro benzene ring substituents is 1. The van der Waals surface area contributed by atoms with Crippen molar-refractivity contribution in [3.05, 3.63) is 52.1 Å². The predicted octanol–water partition coefficient (Wildman–Crippen LogP) is 1.81. The van der Waals surface area contributed by atoms with E-state index >= 15 is 0 Å². The number of aliphatic hydroxyl groups excluding tert-OH is 1.